The van der Waals surface area contributed by atoms with Crippen LogP contribution in [0.2, 0.25) is 0 Å². The summed E-state index contributed by atoms with van der Waals surface area (Å²) in [5, 5.41) is 37.1. The maximum absolute atomic E-state index is 10.3. The van der Waals surface area contributed by atoms with Crippen molar-refractivity contribution in [2.24, 2.45) is 0 Å². The summed E-state index contributed by atoms with van der Waals surface area (Å²) in [6, 6.07) is 1.25. The number of hydrogen-bond acceptors (Lipinski definition) is 5. The van der Waals surface area contributed by atoms with Crippen LogP contribution in [0, 0.1) is 0 Å². The molecule has 5 N–H and O–H groups in total. The van der Waals surface area contributed by atoms with Crippen LogP contribution in [0.5, 0.6) is 0 Å². The molecule has 8 heteroatoms. The van der Waals surface area contributed by atoms with E-state index in [4.69, 9.17) is 20.4 Å². The summed E-state index contributed by atoms with van der Waals surface area (Å²) in [6.07, 6.45) is -2.29. The van der Waals surface area contributed by atoms with Crippen LogP contribution in [0.4, 0.5) is 0 Å². The van der Waals surface area contributed by atoms with Crippen molar-refractivity contribution in [1.29, 1.82) is 0 Å². The Bertz CT molecular complexity index is 317. The number of aliphatic hydroxyl groups is 1. The van der Waals surface area contributed by atoms with Crippen molar-refractivity contribution in [1.82, 2.24) is 5.32 Å². The van der Waals surface area contributed by atoms with Crippen molar-refractivity contribution < 1.29 is 34.8 Å². The van der Waals surface area contributed by atoms with Crippen LogP contribution in [0.3, 0.4) is 0 Å². The van der Waals surface area contributed by atoms with Gasteiger partial charge in [-0.1, -0.05) is 27.7 Å². The molecule has 0 spiro atoms. The fourth-order valence-electron chi connectivity index (χ4n) is 1.38. The number of carboxylic acids is 3. The monoisotopic (exact) mass is 293 g/mol. The highest BCUT2D eigenvalue weighted by molar-refractivity contribution is 5.88. The van der Waals surface area contributed by atoms with Gasteiger partial charge in [0.1, 0.15) is 0 Å². The summed E-state index contributed by atoms with van der Waals surface area (Å²) in [7, 11) is 0. The highest BCUT2D eigenvalue weighted by atomic mass is 16.4. The molecule has 0 unspecified atom stereocenters. The van der Waals surface area contributed by atoms with E-state index in [-0.39, 0.29) is 0 Å². The minimum atomic E-state index is -2.74. The first-order valence-corrected chi connectivity index (χ1v) is 6.06. The molecule has 0 saturated heterocycles. The standard InChI is InChI=1S/C6H15N.C6H8O7/c1-5(2)7-6(3)4;7-3(8)1-6(13,5(11)12)2-4(9)10/h5-7H,1-4H3;13H,1-2H2,(H,7,8)(H,9,10)(H,11,12). The smallest absolute Gasteiger partial charge is 0.336 e. The van der Waals surface area contributed by atoms with Crippen molar-refractivity contribution in [3.63, 3.8) is 0 Å². The Morgan fingerprint density at radius 1 is 0.900 bits per heavy atom. The first-order valence-electron chi connectivity index (χ1n) is 6.06. The van der Waals surface area contributed by atoms with Crippen molar-refractivity contribution in [2.45, 2.75) is 58.2 Å². The molecule has 0 amide bonds. The summed E-state index contributed by atoms with van der Waals surface area (Å²) in [6.45, 7) is 8.61. The topological polar surface area (TPSA) is 144 Å². The Balaban J connectivity index is 0. The van der Waals surface area contributed by atoms with Crippen molar-refractivity contribution >= 4 is 17.9 Å². The molecular formula is C12H23NO7. The van der Waals surface area contributed by atoms with E-state index in [1.54, 1.807) is 0 Å². The van der Waals surface area contributed by atoms with Crippen LogP contribution in [0.1, 0.15) is 40.5 Å². The lowest BCUT2D eigenvalue weighted by atomic mass is 9.96. The predicted octanol–water partition coefficient (Wildman–Crippen LogP) is 0.144. The van der Waals surface area contributed by atoms with Crippen LogP contribution >= 0.6 is 0 Å². The average Bonchev–Trinajstić information content (AvgIpc) is 2.12. The minimum Gasteiger partial charge on any atom is -0.481 e. The van der Waals surface area contributed by atoms with Gasteiger partial charge in [0, 0.05) is 12.1 Å². The Hall–Kier alpha value is -1.67. The number of carbonyl (C=O) groups is 3. The number of rotatable bonds is 7. The van der Waals surface area contributed by atoms with Crippen LogP contribution in [0.25, 0.3) is 0 Å². The lowest BCUT2D eigenvalue weighted by Gasteiger charge is -2.18. The molecule has 0 aliphatic heterocycles. The third-order valence-electron chi connectivity index (χ3n) is 1.95. The third kappa shape index (κ3) is 11.4. The molecule has 0 rings (SSSR count). The third-order valence-corrected chi connectivity index (χ3v) is 1.95. The molecule has 0 aliphatic rings. The van der Waals surface area contributed by atoms with Gasteiger partial charge < -0.3 is 25.7 Å². The molecule has 0 fully saturated rings. The van der Waals surface area contributed by atoms with Gasteiger partial charge in [0.2, 0.25) is 0 Å². The Morgan fingerprint density at radius 2 is 1.20 bits per heavy atom. The van der Waals surface area contributed by atoms with E-state index in [1.165, 1.54) is 0 Å². The first-order chi connectivity index (χ1) is 8.90. The normalized spacial score (nSPS) is 10.9. The van der Waals surface area contributed by atoms with E-state index in [0.29, 0.717) is 12.1 Å². The second-order valence-corrected chi connectivity index (χ2v) is 4.95. The predicted molar refractivity (Wildman–Crippen MR) is 70.5 cm³/mol. The second-order valence-electron chi connectivity index (χ2n) is 4.95. The van der Waals surface area contributed by atoms with Gasteiger partial charge >= 0.3 is 17.9 Å². The fourth-order valence-corrected chi connectivity index (χ4v) is 1.38. The summed E-state index contributed by atoms with van der Waals surface area (Å²) in [5.41, 5.74) is -2.74. The van der Waals surface area contributed by atoms with Gasteiger partial charge in [-0.15, -0.1) is 0 Å². The summed E-state index contributed by atoms with van der Waals surface area (Å²) in [5.74, 6) is -5.02. The number of nitrogens with one attached hydrogen (secondary N) is 1. The molecule has 0 aromatic heterocycles. The van der Waals surface area contributed by atoms with E-state index in [0.717, 1.165) is 0 Å². The zero-order valence-corrected chi connectivity index (χ0v) is 12.1. The number of carboxylic acid groups (broad SMARTS) is 3. The molecule has 0 bridgehead atoms. The largest absolute Gasteiger partial charge is 0.481 e. The van der Waals surface area contributed by atoms with Gasteiger partial charge in [0.15, 0.2) is 5.60 Å². The van der Waals surface area contributed by atoms with Gasteiger partial charge in [0.05, 0.1) is 12.8 Å². The molecule has 0 radical (unpaired) electrons. The van der Waals surface area contributed by atoms with Gasteiger partial charge in [0.25, 0.3) is 0 Å². The molecule has 0 aliphatic carbocycles. The summed E-state index contributed by atoms with van der Waals surface area (Å²) < 4.78 is 0. The maximum Gasteiger partial charge on any atom is 0.336 e. The molecular weight excluding hydrogens is 270 g/mol. The molecule has 20 heavy (non-hydrogen) atoms. The first kappa shape index (κ1) is 20.6. The molecule has 0 atom stereocenters. The maximum atomic E-state index is 10.3. The zero-order valence-electron chi connectivity index (χ0n) is 12.1. The van der Waals surface area contributed by atoms with E-state index < -0.39 is 36.4 Å². The van der Waals surface area contributed by atoms with E-state index in [2.05, 4.69) is 33.0 Å². The molecule has 0 saturated carbocycles. The lowest BCUT2D eigenvalue weighted by molar-refractivity contribution is -0.170. The van der Waals surface area contributed by atoms with Crippen molar-refractivity contribution in [3.05, 3.63) is 0 Å². The van der Waals surface area contributed by atoms with Crippen LogP contribution < -0.4 is 5.32 Å². The van der Waals surface area contributed by atoms with Crippen molar-refractivity contribution in [2.75, 3.05) is 0 Å². The van der Waals surface area contributed by atoms with Gasteiger partial charge in [-0.05, 0) is 0 Å². The molecule has 0 aromatic carbocycles. The Morgan fingerprint density at radius 3 is 1.30 bits per heavy atom. The average molecular weight is 293 g/mol. The van der Waals surface area contributed by atoms with E-state index >= 15 is 0 Å². The highest BCUT2D eigenvalue weighted by Gasteiger charge is 2.40. The van der Waals surface area contributed by atoms with Crippen LogP contribution in [-0.4, -0.2) is 56.0 Å². The number of aliphatic carboxylic acids is 3. The molecule has 118 valence electrons. The van der Waals surface area contributed by atoms with Crippen molar-refractivity contribution in [3.8, 4) is 0 Å². The number of hydrogen-bond donors (Lipinski definition) is 5. The van der Waals surface area contributed by atoms with Crippen LogP contribution in [-0.2, 0) is 14.4 Å². The van der Waals surface area contributed by atoms with Gasteiger partial charge in [-0.3, -0.25) is 9.59 Å². The Labute approximate surface area is 117 Å². The molecule has 0 aromatic rings. The Kier molecular flexibility index (Phi) is 9.57. The fraction of sp³-hybridized carbons (Fsp3) is 0.750. The second kappa shape index (κ2) is 9.27. The van der Waals surface area contributed by atoms with E-state index in [1.807, 2.05) is 0 Å². The molecule has 8 nitrogen and oxygen atoms in total. The molecule has 0 heterocycles. The summed E-state index contributed by atoms with van der Waals surface area (Å²) >= 11 is 0. The summed E-state index contributed by atoms with van der Waals surface area (Å²) in [4.78, 5) is 30.5. The zero-order chi connectivity index (χ0) is 16.5. The SMILES string of the molecule is CC(C)NC(C)C.O=C(O)CC(O)(CC(=O)O)C(=O)O. The minimum absolute atomic E-state index is 0.625. The quantitative estimate of drug-likeness (QED) is 0.446. The van der Waals surface area contributed by atoms with E-state index in [9.17, 15) is 14.4 Å². The lowest BCUT2D eigenvalue weighted by Crippen LogP contribution is -2.42. The van der Waals surface area contributed by atoms with Crippen LogP contribution in [0.15, 0.2) is 0 Å². The van der Waals surface area contributed by atoms with Gasteiger partial charge in [-0.25, -0.2) is 4.79 Å². The van der Waals surface area contributed by atoms with Gasteiger partial charge in [-0.2, -0.15) is 0 Å². The highest BCUT2D eigenvalue weighted by Crippen LogP contribution is 2.15.